The Labute approximate surface area is 85.9 Å². The van der Waals surface area contributed by atoms with Gasteiger partial charge in [0, 0.05) is 12.6 Å². The molecule has 14 heavy (non-hydrogen) atoms. The second-order valence-corrected chi connectivity index (χ2v) is 3.74. The van der Waals surface area contributed by atoms with Crippen molar-refractivity contribution in [2.24, 2.45) is 0 Å². The highest BCUT2D eigenvalue weighted by Gasteiger charge is 2.07. The molecule has 0 bridgehead atoms. The van der Waals surface area contributed by atoms with E-state index >= 15 is 0 Å². The fourth-order valence-corrected chi connectivity index (χ4v) is 1.40. The lowest BCUT2D eigenvalue weighted by molar-refractivity contribution is 0.222. The van der Waals surface area contributed by atoms with Gasteiger partial charge in [-0.15, -0.1) is 0 Å². The lowest BCUT2D eigenvalue weighted by Gasteiger charge is -2.24. The fraction of sp³-hybridized carbons (Fsp3) is 0.545. The van der Waals surface area contributed by atoms with Crippen molar-refractivity contribution >= 4 is 5.69 Å². The van der Waals surface area contributed by atoms with Crippen LogP contribution in [-0.4, -0.2) is 22.5 Å². The molecule has 1 rings (SSSR count). The van der Waals surface area contributed by atoms with Gasteiger partial charge in [-0.05, 0) is 32.5 Å². The van der Waals surface area contributed by atoms with Crippen LogP contribution in [0.2, 0.25) is 0 Å². The Morgan fingerprint density at radius 2 is 2.14 bits per heavy atom. The lowest BCUT2D eigenvalue weighted by Crippen LogP contribution is -2.30. The van der Waals surface area contributed by atoms with E-state index in [9.17, 15) is 0 Å². The summed E-state index contributed by atoms with van der Waals surface area (Å²) in [6.07, 6.45) is 1.71. The minimum atomic E-state index is 0.555. The molecule has 0 spiro atoms. The highest BCUT2D eigenvalue weighted by molar-refractivity contribution is 5.34. The van der Waals surface area contributed by atoms with E-state index in [-0.39, 0.29) is 0 Å². The number of anilines is 1. The predicted molar refractivity (Wildman–Crippen MR) is 59.9 cm³/mol. The molecule has 0 aromatic carbocycles. The Kier molecular flexibility index (Phi) is 3.89. The molecule has 1 aromatic heterocycles. The summed E-state index contributed by atoms with van der Waals surface area (Å²) in [6, 6.07) is 4.44. The molecular weight excluding hydrogens is 174 g/mol. The topological polar surface area (TPSA) is 42.1 Å². The average Bonchev–Trinajstić information content (AvgIpc) is 2.16. The summed E-state index contributed by atoms with van der Waals surface area (Å²) >= 11 is 0. The quantitative estimate of drug-likeness (QED) is 0.794. The van der Waals surface area contributed by atoms with Gasteiger partial charge in [0.1, 0.15) is 0 Å². The maximum Gasteiger partial charge on any atom is 0.0545 e. The Hall–Kier alpha value is -1.09. The van der Waals surface area contributed by atoms with E-state index < -0.39 is 0 Å². The van der Waals surface area contributed by atoms with Crippen molar-refractivity contribution in [1.82, 2.24) is 9.88 Å². The Bertz CT molecular complexity index is 266. The van der Waals surface area contributed by atoms with Gasteiger partial charge in [0.15, 0.2) is 0 Å². The molecule has 2 N–H and O–H groups in total. The third kappa shape index (κ3) is 3.00. The SMILES string of the molecule is CCN(Cc1ccc(N)cn1)C(C)C. The van der Waals surface area contributed by atoms with Gasteiger partial charge in [-0.25, -0.2) is 0 Å². The second-order valence-electron chi connectivity index (χ2n) is 3.74. The zero-order chi connectivity index (χ0) is 10.6. The maximum atomic E-state index is 5.57. The third-order valence-corrected chi connectivity index (χ3v) is 2.35. The molecule has 0 aliphatic rings. The van der Waals surface area contributed by atoms with Crippen LogP contribution < -0.4 is 5.73 Å². The van der Waals surface area contributed by atoms with Crippen LogP contribution in [0, 0.1) is 0 Å². The molecule has 1 heterocycles. The summed E-state index contributed by atoms with van der Waals surface area (Å²) in [5.41, 5.74) is 7.38. The van der Waals surface area contributed by atoms with E-state index in [0.29, 0.717) is 6.04 Å². The molecule has 0 unspecified atom stereocenters. The molecule has 0 amide bonds. The van der Waals surface area contributed by atoms with E-state index in [1.807, 2.05) is 12.1 Å². The molecule has 78 valence electrons. The molecule has 0 aliphatic carbocycles. The fourth-order valence-electron chi connectivity index (χ4n) is 1.40. The molecule has 0 atom stereocenters. The van der Waals surface area contributed by atoms with Crippen LogP contribution in [0.3, 0.4) is 0 Å². The number of aromatic nitrogens is 1. The summed E-state index contributed by atoms with van der Waals surface area (Å²) in [5.74, 6) is 0. The molecule has 0 radical (unpaired) electrons. The normalized spacial score (nSPS) is 11.2. The van der Waals surface area contributed by atoms with Crippen molar-refractivity contribution in [2.45, 2.75) is 33.4 Å². The van der Waals surface area contributed by atoms with E-state index in [2.05, 4.69) is 30.7 Å². The van der Waals surface area contributed by atoms with Gasteiger partial charge in [0.05, 0.1) is 17.6 Å². The number of nitrogen functional groups attached to an aromatic ring is 1. The van der Waals surface area contributed by atoms with E-state index in [4.69, 9.17) is 5.73 Å². The number of hydrogen-bond donors (Lipinski definition) is 1. The number of nitrogens with zero attached hydrogens (tertiary/aromatic N) is 2. The first kappa shape index (κ1) is 11.0. The van der Waals surface area contributed by atoms with E-state index in [1.54, 1.807) is 6.20 Å². The standard InChI is InChI=1S/C11H19N3/c1-4-14(9(2)3)8-11-6-5-10(12)7-13-11/h5-7,9H,4,8,12H2,1-3H3. The van der Waals surface area contributed by atoms with Gasteiger partial charge in [-0.3, -0.25) is 9.88 Å². The largest absolute Gasteiger partial charge is 0.397 e. The highest BCUT2D eigenvalue weighted by Crippen LogP contribution is 2.07. The summed E-state index contributed by atoms with van der Waals surface area (Å²) in [6.45, 7) is 8.50. The Morgan fingerprint density at radius 1 is 1.43 bits per heavy atom. The summed E-state index contributed by atoms with van der Waals surface area (Å²) < 4.78 is 0. The summed E-state index contributed by atoms with van der Waals surface area (Å²) in [5, 5.41) is 0. The second kappa shape index (κ2) is 4.96. The maximum absolute atomic E-state index is 5.57. The molecule has 3 nitrogen and oxygen atoms in total. The minimum Gasteiger partial charge on any atom is -0.397 e. The molecule has 0 saturated heterocycles. The van der Waals surface area contributed by atoms with Crippen LogP contribution in [0.4, 0.5) is 5.69 Å². The first-order chi connectivity index (χ1) is 6.63. The van der Waals surface area contributed by atoms with Crippen molar-refractivity contribution in [3.63, 3.8) is 0 Å². The average molecular weight is 193 g/mol. The molecule has 0 fully saturated rings. The Morgan fingerprint density at radius 3 is 2.57 bits per heavy atom. The molecule has 0 saturated carbocycles. The van der Waals surface area contributed by atoms with Gasteiger partial charge in [0.25, 0.3) is 0 Å². The molecular formula is C11H19N3. The highest BCUT2D eigenvalue weighted by atomic mass is 15.1. The number of hydrogen-bond acceptors (Lipinski definition) is 3. The van der Waals surface area contributed by atoms with Gasteiger partial charge in [-0.1, -0.05) is 6.92 Å². The molecule has 1 aromatic rings. The Balaban J connectivity index is 2.63. The van der Waals surface area contributed by atoms with E-state index in [0.717, 1.165) is 24.5 Å². The van der Waals surface area contributed by atoms with Gasteiger partial charge in [0.2, 0.25) is 0 Å². The van der Waals surface area contributed by atoms with Crippen LogP contribution in [0.1, 0.15) is 26.5 Å². The van der Waals surface area contributed by atoms with Crippen LogP contribution in [-0.2, 0) is 6.54 Å². The molecule has 3 heteroatoms. The van der Waals surface area contributed by atoms with Gasteiger partial charge in [-0.2, -0.15) is 0 Å². The molecule has 0 aliphatic heterocycles. The smallest absolute Gasteiger partial charge is 0.0545 e. The predicted octanol–water partition coefficient (Wildman–Crippen LogP) is 1.89. The van der Waals surface area contributed by atoms with Crippen LogP contribution in [0.5, 0.6) is 0 Å². The van der Waals surface area contributed by atoms with Gasteiger partial charge >= 0.3 is 0 Å². The summed E-state index contributed by atoms with van der Waals surface area (Å²) in [4.78, 5) is 6.64. The van der Waals surface area contributed by atoms with Crippen molar-refractivity contribution in [3.05, 3.63) is 24.0 Å². The lowest BCUT2D eigenvalue weighted by atomic mass is 10.2. The van der Waals surface area contributed by atoms with Gasteiger partial charge < -0.3 is 5.73 Å². The van der Waals surface area contributed by atoms with Crippen molar-refractivity contribution < 1.29 is 0 Å². The third-order valence-electron chi connectivity index (χ3n) is 2.35. The van der Waals surface area contributed by atoms with Crippen LogP contribution in [0.25, 0.3) is 0 Å². The summed E-state index contributed by atoms with van der Waals surface area (Å²) in [7, 11) is 0. The van der Waals surface area contributed by atoms with Crippen molar-refractivity contribution in [2.75, 3.05) is 12.3 Å². The van der Waals surface area contributed by atoms with Crippen LogP contribution >= 0.6 is 0 Å². The first-order valence-electron chi connectivity index (χ1n) is 5.08. The monoisotopic (exact) mass is 193 g/mol. The number of rotatable bonds is 4. The number of nitrogens with two attached hydrogens (primary N) is 1. The van der Waals surface area contributed by atoms with Crippen molar-refractivity contribution in [3.8, 4) is 0 Å². The number of pyridine rings is 1. The zero-order valence-corrected chi connectivity index (χ0v) is 9.20. The minimum absolute atomic E-state index is 0.555. The van der Waals surface area contributed by atoms with E-state index in [1.165, 1.54) is 0 Å². The van der Waals surface area contributed by atoms with Crippen LogP contribution in [0.15, 0.2) is 18.3 Å². The van der Waals surface area contributed by atoms with Crippen molar-refractivity contribution in [1.29, 1.82) is 0 Å². The first-order valence-corrected chi connectivity index (χ1v) is 5.08. The zero-order valence-electron chi connectivity index (χ0n) is 9.20.